The summed E-state index contributed by atoms with van der Waals surface area (Å²) in [5, 5.41) is 3.22. The summed E-state index contributed by atoms with van der Waals surface area (Å²) >= 11 is 0. The van der Waals surface area contributed by atoms with Crippen molar-refractivity contribution in [2.24, 2.45) is 0 Å². The predicted octanol–water partition coefficient (Wildman–Crippen LogP) is 3.71. The van der Waals surface area contributed by atoms with E-state index in [1.807, 2.05) is 26.1 Å². The molecule has 0 spiro atoms. The predicted molar refractivity (Wildman–Crippen MR) is 97.8 cm³/mol. The second-order valence-corrected chi connectivity index (χ2v) is 7.26. The Balaban J connectivity index is 1.54. The third kappa shape index (κ3) is 3.63. The smallest absolute Gasteiger partial charge is 0.228 e. The topological polar surface area (TPSA) is 66.8 Å². The van der Waals surface area contributed by atoms with E-state index < -0.39 is 0 Å². The van der Waals surface area contributed by atoms with Gasteiger partial charge in [0, 0.05) is 17.4 Å². The van der Waals surface area contributed by atoms with E-state index in [-0.39, 0.29) is 0 Å². The molecule has 1 N–H and O–H groups in total. The van der Waals surface area contributed by atoms with Crippen molar-refractivity contribution >= 4 is 11.8 Å². The van der Waals surface area contributed by atoms with E-state index in [0.29, 0.717) is 12.0 Å². The summed E-state index contributed by atoms with van der Waals surface area (Å²) in [6.45, 7) is 5.13. The Morgan fingerprint density at radius 1 is 0.960 bits per heavy atom. The van der Waals surface area contributed by atoms with Crippen LogP contribution >= 0.6 is 0 Å². The van der Waals surface area contributed by atoms with Crippen LogP contribution < -0.4 is 5.32 Å². The molecule has 132 valence electrons. The molecule has 25 heavy (non-hydrogen) atoms. The lowest BCUT2D eigenvalue weighted by Crippen LogP contribution is -2.33. The highest BCUT2D eigenvalue weighted by atomic mass is 15.2. The van der Waals surface area contributed by atoms with Crippen molar-refractivity contribution in [2.75, 3.05) is 11.9 Å². The number of anilines is 2. The van der Waals surface area contributed by atoms with Crippen molar-refractivity contribution < 1.29 is 0 Å². The van der Waals surface area contributed by atoms with Gasteiger partial charge in [0.1, 0.15) is 0 Å². The van der Waals surface area contributed by atoms with Gasteiger partial charge in [-0.1, -0.05) is 12.8 Å². The van der Waals surface area contributed by atoms with Crippen LogP contribution in [0, 0.1) is 13.8 Å². The molecule has 0 bridgehead atoms. The number of nitrogens with zero attached hydrogens (tertiary/aromatic N) is 5. The minimum Gasteiger partial charge on any atom is -0.307 e. The monoisotopic (exact) mass is 338 g/mol. The third-order valence-electron chi connectivity index (χ3n) is 5.30. The number of aryl methyl sites for hydroxylation is 2. The molecule has 2 aliphatic rings. The Kier molecular flexibility index (Phi) is 4.61. The lowest BCUT2D eigenvalue weighted by molar-refractivity contribution is 0.179. The van der Waals surface area contributed by atoms with Crippen molar-refractivity contribution in [1.82, 2.24) is 24.8 Å². The summed E-state index contributed by atoms with van der Waals surface area (Å²) in [4.78, 5) is 20.8. The fraction of sp³-hybridized carbons (Fsp3) is 0.579. The first-order valence-corrected chi connectivity index (χ1v) is 9.36. The zero-order valence-electron chi connectivity index (χ0n) is 15.1. The molecule has 1 saturated heterocycles. The molecule has 0 radical (unpaired) electrons. The Hall–Kier alpha value is -2.08. The fourth-order valence-corrected chi connectivity index (χ4v) is 4.28. The van der Waals surface area contributed by atoms with Gasteiger partial charge in [-0.2, -0.15) is 0 Å². The average Bonchev–Trinajstić information content (AvgIpc) is 3.25. The van der Waals surface area contributed by atoms with Crippen LogP contribution in [0.4, 0.5) is 11.8 Å². The van der Waals surface area contributed by atoms with Gasteiger partial charge in [-0.3, -0.25) is 9.88 Å². The van der Waals surface area contributed by atoms with E-state index in [4.69, 9.17) is 4.98 Å². The molecule has 4 rings (SSSR count). The van der Waals surface area contributed by atoms with Crippen LogP contribution in [0.1, 0.15) is 61.6 Å². The number of rotatable bonds is 4. The molecule has 2 aromatic rings. The standard InChI is InChI=1S/C19H26N6/c1-13-10-14(2)22-19(21-13)24-18-12-20-11-16(23-18)17-8-5-9-25(17)15-6-3-4-7-15/h10-12,15,17H,3-9H2,1-2H3,(H,21,22,23,24)/t17-/m1/s1. The SMILES string of the molecule is Cc1cc(C)nc(Nc2cncc([C@H]3CCCN3C3CCCC3)n2)n1. The zero-order valence-corrected chi connectivity index (χ0v) is 15.1. The van der Waals surface area contributed by atoms with Crippen LogP contribution in [0.25, 0.3) is 0 Å². The molecule has 2 fully saturated rings. The largest absolute Gasteiger partial charge is 0.307 e. The lowest BCUT2D eigenvalue weighted by Gasteiger charge is -2.30. The van der Waals surface area contributed by atoms with Crippen molar-refractivity contribution in [3.05, 3.63) is 35.5 Å². The Labute approximate surface area is 149 Å². The second-order valence-electron chi connectivity index (χ2n) is 7.26. The molecule has 6 nitrogen and oxygen atoms in total. The Bertz CT molecular complexity index is 720. The maximum absolute atomic E-state index is 4.84. The molecule has 0 aromatic carbocycles. The summed E-state index contributed by atoms with van der Waals surface area (Å²) in [6.07, 6.45) is 11.5. The molecular weight excluding hydrogens is 312 g/mol. The molecule has 0 unspecified atom stereocenters. The minimum absolute atomic E-state index is 0.400. The second kappa shape index (κ2) is 7.04. The van der Waals surface area contributed by atoms with Crippen LogP contribution in [0.15, 0.2) is 18.5 Å². The van der Waals surface area contributed by atoms with E-state index in [2.05, 4.69) is 25.2 Å². The summed E-state index contributed by atoms with van der Waals surface area (Å²) in [5.74, 6) is 1.31. The van der Waals surface area contributed by atoms with E-state index in [1.165, 1.54) is 45.1 Å². The molecule has 0 amide bonds. The first-order valence-electron chi connectivity index (χ1n) is 9.36. The normalized spacial score (nSPS) is 21.8. The minimum atomic E-state index is 0.400. The quantitative estimate of drug-likeness (QED) is 0.917. The van der Waals surface area contributed by atoms with Crippen LogP contribution in [0.5, 0.6) is 0 Å². The van der Waals surface area contributed by atoms with E-state index in [0.717, 1.165) is 28.9 Å². The van der Waals surface area contributed by atoms with Gasteiger partial charge in [-0.05, 0) is 52.1 Å². The highest BCUT2D eigenvalue weighted by Gasteiger charge is 2.34. The fourth-order valence-electron chi connectivity index (χ4n) is 4.28. The van der Waals surface area contributed by atoms with Gasteiger partial charge >= 0.3 is 0 Å². The van der Waals surface area contributed by atoms with E-state index in [1.54, 1.807) is 6.20 Å². The zero-order chi connectivity index (χ0) is 17.2. The van der Waals surface area contributed by atoms with Gasteiger partial charge in [0.2, 0.25) is 5.95 Å². The van der Waals surface area contributed by atoms with Crippen molar-refractivity contribution in [3.63, 3.8) is 0 Å². The number of hydrogen-bond acceptors (Lipinski definition) is 6. The number of aromatic nitrogens is 4. The summed E-state index contributed by atoms with van der Waals surface area (Å²) in [6, 6.07) is 3.09. The van der Waals surface area contributed by atoms with E-state index >= 15 is 0 Å². The van der Waals surface area contributed by atoms with Crippen molar-refractivity contribution in [2.45, 2.75) is 64.5 Å². The third-order valence-corrected chi connectivity index (χ3v) is 5.30. The summed E-state index contributed by atoms with van der Waals surface area (Å²) in [7, 11) is 0. The average molecular weight is 338 g/mol. The maximum atomic E-state index is 4.84. The van der Waals surface area contributed by atoms with Crippen molar-refractivity contribution in [3.8, 4) is 0 Å². The molecule has 2 aromatic heterocycles. The Morgan fingerprint density at radius 2 is 1.72 bits per heavy atom. The number of hydrogen-bond donors (Lipinski definition) is 1. The van der Waals surface area contributed by atoms with Crippen LogP contribution in [0.3, 0.4) is 0 Å². The summed E-state index contributed by atoms with van der Waals surface area (Å²) < 4.78 is 0. The van der Waals surface area contributed by atoms with Crippen LogP contribution in [0.2, 0.25) is 0 Å². The molecular formula is C19H26N6. The Morgan fingerprint density at radius 3 is 2.48 bits per heavy atom. The van der Waals surface area contributed by atoms with Crippen LogP contribution in [-0.4, -0.2) is 37.4 Å². The maximum Gasteiger partial charge on any atom is 0.228 e. The molecule has 6 heteroatoms. The van der Waals surface area contributed by atoms with Gasteiger partial charge in [0.25, 0.3) is 0 Å². The van der Waals surface area contributed by atoms with Gasteiger partial charge in [-0.15, -0.1) is 0 Å². The molecule has 1 atom stereocenters. The lowest BCUT2D eigenvalue weighted by atomic mass is 10.1. The van der Waals surface area contributed by atoms with Gasteiger partial charge in [0.05, 0.1) is 24.1 Å². The van der Waals surface area contributed by atoms with Gasteiger partial charge in [0.15, 0.2) is 5.82 Å². The summed E-state index contributed by atoms with van der Waals surface area (Å²) in [5.41, 5.74) is 2.96. The number of nitrogens with one attached hydrogen (secondary N) is 1. The first kappa shape index (κ1) is 16.4. The van der Waals surface area contributed by atoms with E-state index in [9.17, 15) is 0 Å². The highest BCUT2D eigenvalue weighted by molar-refractivity contribution is 5.46. The number of likely N-dealkylation sites (tertiary alicyclic amines) is 1. The molecule has 1 saturated carbocycles. The van der Waals surface area contributed by atoms with Crippen LogP contribution in [-0.2, 0) is 0 Å². The van der Waals surface area contributed by atoms with Crippen molar-refractivity contribution in [1.29, 1.82) is 0 Å². The van der Waals surface area contributed by atoms with Gasteiger partial charge in [-0.25, -0.2) is 15.0 Å². The molecule has 3 heterocycles. The molecule has 1 aliphatic carbocycles. The van der Waals surface area contributed by atoms with Gasteiger partial charge < -0.3 is 5.32 Å². The molecule has 1 aliphatic heterocycles. The first-order chi connectivity index (χ1) is 12.2. The highest BCUT2D eigenvalue weighted by Crippen LogP contribution is 2.37.